The molecule has 0 radical (unpaired) electrons. The number of benzene rings is 1. The van der Waals surface area contributed by atoms with E-state index in [0.717, 1.165) is 23.2 Å². The molecule has 0 spiro atoms. The monoisotopic (exact) mass is 282 g/mol. The van der Waals surface area contributed by atoms with Crippen molar-refractivity contribution in [2.75, 3.05) is 11.4 Å². The molecule has 5 nitrogen and oxygen atoms in total. The molecule has 0 saturated carbocycles. The summed E-state index contributed by atoms with van der Waals surface area (Å²) in [6, 6.07) is 8.68. The Balaban J connectivity index is 1.79. The van der Waals surface area contributed by atoms with Crippen LogP contribution < -0.4 is 4.90 Å². The van der Waals surface area contributed by atoms with Crippen molar-refractivity contribution in [1.82, 2.24) is 4.98 Å². The van der Waals surface area contributed by atoms with Gasteiger partial charge in [0.25, 0.3) is 0 Å². The third-order valence-electron chi connectivity index (χ3n) is 3.61. The van der Waals surface area contributed by atoms with E-state index >= 15 is 0 Å². The number of aromatic carboxylic acids is 1. The number of anilines is 1. The van der Waals surface area contributed by atoms with E-state index in [4.69, 9.17) is 5.11 Å². The second-order valence-electron chi connectivity index (χ2n) is 4.98. The number of pyridine rings is 1. The predicted molar refractivity (Wildman–Crippen MR) is 77.4 cm³/mol. The highest BCUT2D eigenvalue weighted by Crippen LogP contribution is 2.29. The quantitative estimate of drug-likeness (QED) is 0.930. The summed E-state index contributed by atoms with van der Waals surface area (Å²) >= 11 is 0. The van der Waals surface area contributed by atoms with Gasteiger partial charge in [0.15, 0.2) is 0 Å². The van der Waals surface area contributed by atoms with E-state index in [1.54, 1.807) is 29.4 Å². The lowest BCUT2D eigenvalue weighted by Gasteiger charge is -2.17. The summed E-state index contributed by atoms with van der Waals surface area (Å²) in [5, 5.41) is 8.99. The molecule has 1 aromatic carbocycles. The number of carboxylic acids is 1. The minimum atomic E-state index is -0.973. The first-order chi connectivity index (χ1) is 10.1. The van der Waals surface area contributed by atoms with Crippen molar-refractivity contribution < 1.29 is 14.7 Å². The van der Waals surface area contributed by atoms with Crippen molar-refractivity contribution in [2.24, 2.45) is 0 Å². The van der Waals surface area contributed by atoms with E-state index in [9.17, 15) is 9.59 Å². The molecule has 0 aliphatic carbocycles. The Hall–Kier alpha value is -2.69. The Morgan fingerprint density at radius 1 is 1.33 bits per heavy atom. The van der Waals surface area contributed by atoms with Crippen molar-refractivity contribution in [1.29, 1.82) is 0 Å². The van der Waals surface area contributed by atoms with Crippen molar-refractivity contribution in [3.63, 3.8) is 0 Å². The van der Waals surface area contributed by atoms with E-state index in [0.29, 0.717) is 6.54 Å². The minimum absolute atomic E-state index is 0.0106. The zero-order valence-electron chi connectivity index (χ0n) is 11.3. The fourth-order valence-electron chi connectivity index (χ4n) is 2.55. The maximum absolute atomic E-state index is 12.1. The van der Waals surface area contributed by atoms with Gasteiger partial charge in [-0.1, -0.05) is 6.07 Å². The Kier molecular flexibility index (Phi) is 3.39. The number of nitrogens with zero attached hydrogens (tertiary/aromatic N) is 2. The van der Waals surface area contributed by atoms with Gasteiger partial charge in [0.1, 0.15) is 0 Å². The van der Waals surface area contributed by atoms with Gasteiger partial charge in [0.2, 0.25) is 5.91 Å². The normalized spacial score (nSPS) is 13.3. The molecule has 0 saturated heterocycles. The number of carboxylic acid groups (broad SMARTS) is 1. The fourth-order valence-corrected chi connectivity index (χ4v) is 2.55. The molecule has 2 heterocycles. The van der Waals surface area contributed by atoms with Crippen LogP contribution in [0.5, 0.6) is 0 Å². The molecule has 21 heavy (non-hydrogen) atoms. The minimum Gasteiger partial charge on any atom is -0.478 e. The van der Waals surface area contributed by atoms with Crippen molar-refractivity contribution in [3.8, 4) is 0 Å². The number of amides is 1. The van der Waals surface area contributed by atoms with Gasteiger partial charge < -0.3 is 10.0 Å². The molecular formula is C16H14N2O3. The Labute approximate surface area is 121 Å². The molecule has 106 valence electrons. The molecule has 1 amide bonds. The highest BCUT2D eigenvalue weighted by Gasteiger charge is 2.27. The first kappa shape index (κ1) is 13.3. The first-order valence-corrected chi connectivity index (χ1v) is 6.70. The average molecular weight is 282 g/mol. The third kappa shape index (κ3) is 2.63. The first-order valence-electron chi connectivity index (χ1n) is 6.70. The van der Waals surface area contributed by atoms with Crippen LogP contribution in [0.4, 0.5) is 5.69 Å². The molecule has 3 rings (SSSR count). The van der Waals surface area contributed by atoms with Crippen LogP contribution >= 0.6 is 0 Å². The molecule has 0 atom stereocenters. The van der Waals surface area contributed by atoms with Gasteiger partial charge in [-0.3, -0.25) is 9.78 Å². The van der Waals surface area contributed by atoms with Gasteiger partial charge in [-0.2, -0.15) is 0 Å². The van der Waals surface area contributed by atoms with Gasteiger partial charge >= 0.3 is 5.97 Å². The largest absolute Gasteiger partial charge is 0.478 e. The molecule has 0 unspecified atom stereocenters. The number of rotatable bonds is 4. The van der Waals surface area contributed by atoms with Crippen LogP contribution in [0.15, 0.2) is 42.7 Å². The van der Waals surface area contributed by atoms with Crippen LogP contribution in [0.1, 0.15) is 21.5 Å². The summed E-state index contributed by atoms with van der Waals surface area (Å²) in [6.45, 7) is 0.573. The Morgan fingerprint density at radius 2 is 2.19 bits per heavy atom. The second kappa shape index (κ2) is 5.36. The number of fused-ring (bicyclic) bond motifs is 1. The van der Waals surface area contributed by atoms with E-state index in [-0.39, 0.29) is 17.9 Å². The number of carbonyl (C=O) groups is 2. The van der Waals surface area contributed by atoms with Gasteiger partial charge in [0, 0.05) is 24.6 Å². The Bertz CT molecular complexity index is 698. The summed E-state index contributed by atoms with van der Waals surface area (Å²) in [5.41, 5.74) is 2.89. The zero-order chi connectivity index (χ0) is 14.8. The predicted octanol–water partition coefficient (Wildman–Crippen LogP) is 1.91. The molecule has 1 N–H and O–H groups in total. The van der Waals surface area contributed by atoms with Crippen molar-refractivity contribution in [2.45, 2.75) is 12.8 Å². The van der Waals surface area contributed by atoms with Crippen LogP contribution in [0.3, 0.4) is 0 Å². The molecule has 1 aliphatic heterocycles. The highest BCUT2D eigenvalue weighted by atomic mass is 16.4. The SMILES string of the molecule is O=C(O)c1ccc2c(c1)CC(=O)N2CCc1cccnc1. The summed E-state index contributed by atoms with van der Waals surface area (Å²) in [6.07, 6.45) is 4.49. The highest BCUT2D eigenvalue weighted by molar-refractivity contribution is 6.02. The summed E-state index contributed by atoms with van der Waals surface area (Å²) < 4.78 is 0. The van der Waals surface area contributed by atoms with Gasteiger partial charge in [-0.25, -0.2) is 4.79 Å². The molecule has 1 aliphatic rings. The average Bonchev–Trinajstić information content (AvgIpc) is 2.80. The van der Waals surface area contributed by atoms with Crippen molar-refractivity contribution >= 4 is 17.6 Å². The van der Waals surface area contributed by atoms with Gasteiger partial charge in [-0.15, -0.1) is 0 Å². The van der Waals surface area contributed by atoms with Crippen LogP contribution in [-0.2, 0) is 17.6 Å². The smallest absolute Gasteiger partial charge is 0.335 e. The number of aromatic nitrogens is 1. The topological polar surface area (TPSA) is 70.5 Å². The van der Waals surface area contributed by atoms with Crippen LogP contribution in [0, 0.1) is 0 Å². The maximum atomic E-state index is 12.1. The van der Waals surface area contributed by atoms with Gasteiger partial charge in [0.05, 0.1) is 12.0 Å². The van der Waals surface area contributed by atoms with Crippen LogP contribution in [-0.4, -0.2) is 28.5 Å². The van der Waals surface area contributed by atoms with Gasteiger partial charge in [-0.05, 0) is 41.8 Å². The summed E-state index contributed by atoms with van der Waals surface area (Å²) in [7, 11) is 0. The molecule has 5 heteroatoms. The fraction of sp³-hybridized carbons (Fsp3) is 0.188. The lowest BCUT2D eigenvalue weighted by molar-refractivity contribution is -0.117. The van der Waals surface area contributed by atoms with Crippen LogP contribution in [0.25, 0.3) is 0 Å². The molecule has 2 aromatic rings. The zero-order valence-corrected chi connectivity index (χ0v) is 11.3. The summed E-state index contributed by atoms with van der Waals surface area (Å²) in [5.74, 6) is -0.963. The lowest BCUT2D eigenvalue weighted by atomic mass is 10.1. The molecular weight excluding hydrogens is 268 g/mol. The van der Waals surface area contributed by atoms with E-state index in [1.807, 2.05) is 12.1 Å². The molecule has 0 bridgehead atoms. The molecule has 1 aromatic heterocycles. The number of carbonyl (C=O) groups excluding carboxylic acids is 1. The van der Waals surface area contributed by atoms with Crippen molar-refractivity contribution in [3.05, 3.63) is 59.4 Å². The molecule has 0 fully saturated rings. The van der Waals surface area contributed by atoms with E-state index in [1.165, 1.54) is 6.07 Å². The lowest BCUT2D eigenvalue weighted by Crippen LogP contribution is -2.28. The number of hydrogen-bond acceptors (Lipinski definition) is 3. The van der Waals surface area contributed by atoms with E-state index in [2.05, 4.69) is 4.98 Å². The third-order valence-corrected chi connectivity index (χ3v) is 3.61. The number of hydrogen-bond donors (Lipinski definition) is 1. The standard InChI is InChI=1S/C16H14N2O3/c19-15-9-13-8-12(16(20)21)3-4-14(13)18(15)7-5-11-2-1-6-17-10-11/h1-4,6,8,10H,5,7,9H2,(H,20,21). The van der Waals surface area contributed by atoms with E-state index < -0.39 is 5.97 Å². The van der Waals surface area contributed by atoms with Crippen LogP contribution in [0.2, 0.25) is 0 Å². The summed E-state index contributed by atoms with van der Waals surface area (Å²) in [4.78, 5) is 28.8. The maximum Gasteiger partial charge on any atom is 0.335 e. The second-order valence-corrected chi connectivity index (χ2v) is 4.98. The Morgan fingerprint density at radius 3 is 2.90 bits per heavy atom.